The van der Waals surface area contributed by atoms with E-state index in [1.165, 1.54) is 16.4 Å². The Labute approximate surface area is 204 Å². The molecular weight excluding hydrogens is 479 g/mol. The molecule has 2 N–H and O–H groups in total. The van der Waals surface area contributed by atoms with Gasteiger partial charge < -0.3 is 10.1 Å². The number of phenols is 1. The van der Waals surface area contributed by atoms with Gasteiger partial charge in [-0.15, -0.1) is 0 Å². The maximum atomic E-state index is 13.6. The molecule has 3 aromatic carbocycles. The fourth-order valence-corrected chi connectivity index (χ4v) is 5.70. The van der Waals surface area contributed by atoms with Crippen LogP contribution < -0.4 is 4.31 Å². The first-order valence-electron chi connectivity index (χ1n) is 10.6. The van der Waals surface area contributed by atoms with Gasteiger partial charge in [-0.3, -0.25) is 0 Å². The second-order valence-corrected chi connectivity index (χ2v) is 12.2. The zero-order valence-corrected chi connectivity index (χ0v) is 21.5. The van der Waals surface area contributed by atoms with Crippen LogP contribution >= 0.6 is 23.2 Å². The average Bonchev–Trinajstić information content (AvgIpc) is 3.12. The molecule has 0 spiro atoms. The fourth-order valence-electron chi connectivity index (χ4n) is 4.08. The Morgan fingerprint density at radius 1 is 1.03 bits per heavy atom. The van der Waals surface area contributed by atoms with Gasteiger partial charge in [-0.1, -0.05) is 73.8 Å². The maximum absolute atomic E-state index is 13.6. The fraction of sp³-hybridized carbons (Fsp3) is 0.280. The number of aryl methyl sites for hydroxylation is 1. The third kappa shape index (κ3) is 4.05. The number of rotatable bonds is 4. The van der Waals surface area contributed by atoms with Crippen molar-refractivity contribution in [2.24, 2.45) is 0 Å². The first-order chi connectivity index (χ1) is 15.3. The van der Waals surface area contributed by atoms with Crippen LogP contribution in [0, 0.1) is 6.92 Å². The highest BCUT2D eigenvalue weighted by atomic mass is 35.5. The van der Waals surface area contributed by atoms with E-state index in [-0.39, 0.29) is 27.2 Å². The van der Waals surface area contributed by atoms with E-state index >= 15 is 0 Å². The summed E-state index contributed by atoms with van der Waals surface area (Å²) in [4.78, 5) is 3.48. The van der Waals surface area contributed by atoms with Crippen LogP contribution in [-0.4, -0.2) is 24.3 Å². The molecule has 0 fully saturated rings. The summed E-state index contributed by atoms with van der Waals surface area (Å²) in [5.74, 6) is -0.364. The van der Waals surface area contributed by atoms with E-state index in [4.69, 9.17) is 23.2 Å². The van der Waals surface area contributed by atoms with E-state index in [9.17, 15) is 13.5 Å². The number of hydrogen-bond donors (Lipinski definition) is 2. The number of phenolic OH excluding ortho intramolecular Hbond substituents is 1. The summed E-state index contributed by atoms with van der Waals surface area (Å²) in [6.45, 7) is 9.67. The number of hydrogen-bond acceptors (Lipinski definition) is 3. The molecule has 0 aliphatic rings. The van der Waals surface area contributed by atoms with Gasteiger partial charge in [-0.2, -0.15) is 0 Å². The third-order valence-corrected chi connectivity index (χ3v) is 8.01. The molecule has 0 amide bonds. The molecule has 0 aliphatic heterocycles. The molecule has 1 heterocycles. The van der Waals surface area contributed by atoms with E-state index < -0.39 is 15.4 Å². The zero-order chi connectivity index (χ0) is 24.3. The first kappa shape index (κ1) is 23.7. The normalized spacial score (nSPS) is 12.6. The van der Waals surface area contributed by atoms with E-state index in [0.29, 0.717) is 5.69 Å². The minimum absolute atomic E-state index is 0.0172. The van der Waals surface area contributed by atoms with E-state index in [1.807, 2.05) is 52.0 Å². The van der Waals surface area contributed by atoms with E-state index in [0.717, 1.165) is 32.9 Å². The van der Waals surface area contributed by atoms with E-state index in [2.05, 4.69) is 11.1 Å². The van der Waals surface area contributed by atoms with Crippen molar-refractivity contribution < 1.29 is 13.5 Å². The van der Waals surface area contributed by atoms with Crippen LogP contribution in [0.15, 0.2) is 42.5 Å². The number of sulfonamides is 1. The number of aromatic amines is 1. The Morgan fingerprint density at radius 2 is 1.70 bits per heavy atom. The molecule has 0 saturated carbocycles. The average molecular weight is 505 g/mol. The predicted molar refractivity (Wildman–Crippen MR) is 139 cm³/mol. The van der Waals surface area contributed by atoms with Gasteiger partial charge in [-0.25, -0.2) is 12.7 Å². The lowest BCUT2D eigenvalue weighted by atomic mass is 9.90. The van der Waals surface area contributed by atoms with Gasteiger partial charge in [-0.05, 0) is 36.8 Å². The standard InChI is InChI=1S/C25H26Cl2N2O3S/c1-6-33(31,32)29(20-12-18(27)21(30)13-17(20)26)23-22-16-11-14(2)7-8-15(16)9-10-19(22)28-24(23)25(3,4)5/h7-13,28,30H,6H2,1-5H3. The zero-order valence-electron chi connectivity index (χ0n) is 19.1. The van der Waals surface area contributed by atoms with Gasteiger partial charge >= 0.3 is 0 Å². The molecule has 4 rings (SSSR count). The molecule has 4 aromatic rings. The SMILES string of the molecule is CCS(=O)(=O)N(c1cc(Cl)c(O)cc1Cl)c1c(C(C)(C)C)[nH]c2ccc3ccc(C)cc3c12. The van der Waals surface area contributed by atoms with E-state index in [1.54, 1.807) is 6.92 Å². The summed E-state index contributed by atoms with van der Waals surface area (Å²) in [5.41, 5.74) is 2.93. The highest BCUT2D eigenvalue weighted by Crippen LogP contribution is 2.48. The van der Waals surface area contributed by atoms with Gasteiger partial charge in [0.1, 0.15) is 5.75 Å². The second-order valence-electron chi connectivity index (χ2n) is 9.23. The second kappa shape index (κ2) is 8.12. The molecule has 0 aliphatic carbocycles. The number of fused-ring (bicyclic) bond motifs is 3. The summed E-state index contributed by atoms with van der Waals surface area (Å²) in [5, 5.41) is 12.9. The van der Waals surface area contributed by atoms with Crippen LogP contribution in [0.4, 0.5) is 11.4 Å². The maximum Gasteiger partial charge on any atom is 0.239 e. The van der Waals surface area contributed by atoms with Gasteiger partial charge in [0.05, 0.1) is 27.2 Å². The summed E-state index contributed by atoms with van der Waals surface area (Å²) in [6, 6.07) is 12.8. The largest absolute Gasteiger partial charge is 0.506 e. The van der Waals surface area contributed by atoms with Crippen LogP contribution in [0.5, 0.6) is 5.75 Å². The van der Waals surface area contributed by atoms with Gasteiger partial charge in [0.15, 0.2) is 0 Å². The van der Waals surface area contributed by atoms with Crippen molar-refractivity contribution in [3.63, 3.8) is 0 Å². The molecule has 0 radical (unpaired) electrons. The van der Waals surface area contributed by atoms with Gasteiger partial charge in [0.25, 0.3) is 0 Å². The Bertz CT molecular complexity index is 1500. The van der Waals surface area contributed by atoms with Crippen molar-refractivity contribution in [1.29, 1.82) is 0 Å². The summed E-state index contributed by atoms with van der Waals surface area (Å²) >= 11 is 12.7. The molecule has 8 heteroatoms. The molecule has 1 aromatic heterocycles. The van der Waals surface area contributed by atoms with Gasteiger partial charge in [0.2, 0.25) is 10.0 Å². The predicted octanol–water partition coefficient (Wildman–Crippen LogP) is 7.43. The lowest BCUT2D eigenvalue weighted by Gasteiger charge is -2.29. The van der Waals surface area contributed by atoms with Crippen molar-refractivity contribution in [1.82, 2.24) is 4.98 Å². The number of aromatic nitrogens is 1. The highest BCUT2D eigenvalue weighted by molar-refractivity contribution is 7.93. The van der Waals surface area contributed by atoms with Crippen LogP contribution in [0.25, 0.3) is 21.7 Å². The molecule has 0 atom stereocenters. The Kier molecular flexibility index (Phi) is 5.84. The smallest absolute Gasteiger partial charge is 0.239 e. The summed E-state index contributed by atoms with van der Waals surface area (Å²) < 4.78 is 28.5. The number of aromatic hydroxyl groups is 1. The minimum Gasteiger partial charge on any atom is -0.506 e. The van der Waals surface area contributed by atoms with Crippen molar-refractivity contribution in [3.05, 3.63) is 63.8 Å². The van der Waals surface area contributed by atoms with Crippen LogP contribution in [0.3, 0.4) is 0 Å². The number of anilines is 2. The molecule has 0 saturated heterocycles. The van der Waals surface area contributed by atoms with Crippen molar-refractivity contribution in [3.8, 4) is 5.75 Å². The third-order valence-electron chi connectivity index (χ3n) is 5.74. The van der Waals surface area contributed by atoms with Crippen LogP contribution in [-0.2, 0) is 15.4 Å². The molecule has 174 valence electrons. The monoisotopic (exact) mass is 504 g/mol. The number of H-pyrrole nitrogens is 1. The van der Waals surface area contributed by atoms with Crippen molar-refractivity contribution in [2.75, 3.05) is 10.1 Å². The molecule has 0 bridgehead atoms. The Hall–Kier alpha value is -2.41. The van der Waals surface area contributed by atoms with Crippen molar-refractivity contribution in [2.45, 2.75) is 40.0 Å². The summed E-state index contributed by atoms with van der Waals surface area (Å²) in [6.07, 6.45) is 0. The topological polar surface area (TPSA) is 73.4 Å². The lowest BCUT2D eigenvalue weighted by molar-refractivity contribution is 0.475. The van der Waals surface area contributed by atoms with Crippen LogP contribution in [0.2, 0.25) is 10.0 Å². The molecular formula is C25H26Cl2N2O3S. The molecule has 0 unspecified atom stereocenters. The number of benzene rings is 3. The van der Waals surface area contributed by atoms with Crippen molar-refractivity contribution >= 4 is 66.3 Å². The number of nitrogens with one attached hydrogen (secondary N) is 1. The highest BCUT2D eigenvalue weighted by Gasteiger charge is 2.34. The quantitative estimate of drug-likeness (QED) is 0.303. The Morgan fingerprint density at radius 3 is 2.33 bits per heavy atom. The minimum atomic E-state index is -3.85. The molecule has 33 heavy (non-hydrogen) atoms. The first-order valence-corrected chi connectivity index (χ1v) is 13.0. The Balaban J connectivity index is 2.25. The number of nitrogens with zero attached hydrogens (tertiary/aromatic N) is 1. The summed E-state index contributed by atoms with van der Waals surface area (Å²) in [7, 11) is -3.85. The number of halogens is 2. The molecule has 5 nitrogen and oxygen atoms in total. The lowest BCUT2D eigenvalue weighted by Crippen LogP contribution is -2.30. The van der Waals surface area contributed by atoms with Gasteiger partial charge in [0, 0.05) is 28.1 Å². The van der Waals surface area contributed by atoms with Crippen LogP contribution in [0.1, 0.15) is 39.0 Å².